The fourth-order valence-corrected chi connectivity index (χ4v) is 2.51. The summed E-state index contributed by atoms with van der Waals surface area (Å²) in [5, 5.41) is 2.85. The highest BCUT2D eigenvalue weighted by Crippen LogP contribution is 2.23. The number of hydrogen-bond acceptors (Lipinski definition) is 4. The number of carbonyl (C=O) groups is 2. The van der Waals surface area contributed by atoms with Crippen LogP contribution in [0.15, 0.2) is 0 Å². The Hall–Kier alpha value is -1.30. The van der Waals surface area contributed by atoms with Gasteiger partial charge in [0.2, 0.25) is 5.91 Å². The van der Waals surface area contributed by atoms with Gasteiger partial charge in [0, 0.05) is 19.1 Å². The van der Waals surface area contributed by atoms with Gasteiger partial charge in [-0.1, -0.05) is 13.8 Å². The first kappa shape index (κ1) is 15.8. The SMILES string of the molecule is CCOC(=O)NC1CC(C(C)C)CN(CC(N)=O)C1. The van der Waals surface area contributed by atoms with E-state index >= 15 is 0 Å². The Morgan fingerprint density at radius 2 is 2.11 bits per heavy atom. The second kappa shape index (κ2) is 7.33. The van der Waals surface area contributed by atoms with Crippen LogP contribution in [-0.4, -0.2) is 49.2 Å². The molecule has 0 bridgehead atoms. The van der Waals surface area contributed by atoms with Crippen molar-refractivity contribution in [3.05, 3.63) is 0 Å². The van der Waals surface area contributed by atoms with E-state index in [9.17, 15) is 9.59 Å². The quantitative estimate of drug-likeness (QED) is 0.765. The summed E-state index contributed by atoms with van der Waals surface area (Å²) in [6.07, 6.45) is 0.516. The van der Waals surface area contributed by atoms with Crippen molar-refractivity contribution in [2.45, 2.75) is 33.2 Å². The Morgan fingerprint density at radius 1 is 1.42 bits per heavy atom. The number of carbonyl (C=O) groups excluding carboxylic acids is 2. The molecule has 0 saturated carbocycles. The van der Waals surface area contributed by atoms with Crippen LogP contribution in [-0.2, 0) is 9.53 Å². The lowest BCUT2D eigenvalue weighted by Gasteiger charge is -2.39. The lowest BCUT2D eigenvalue weighted by atomic mass is 9.85. The molecule has 2 atom stereocenters. The molecule has 1 fully saturated rings. The maximum Gasteiger partial charge on any atom is 0.407 e. The monoisotopic (exact) mass is 271 g/mol. The molecule has 1 aliphatic rings. The van der Waals surface area contributed by atoms with Crippen molar-refractivity contribution >= 4 is 12.0 Å². The average Bonchev–Trinajstić information content (AvgIpc) is 2.27. The molecular weight excluding hydrogens is 246 g/mol. The molecule has 110 valence electrons. The van der Waals surface area contributed by atoms with Gasteiger partial charge in [-0.2, -0.15) is 0 Å². The number of primary amides is 1. The summed E-state index contributed by atoms with van der Waals surface area (Å²) in [4.78, 5) is 24.5. The van der Waals surface area contributed by atoms with E-state index in [1.54, 1.807) is 6.92 Å². The summed E-state index contributed by atoms with van der Waals surface area (Å²) in [6, 6.07) is 0.0135. The second-order valence-corrected chi connectivity index (χ2v) is 5.46. The lowest BCUT2D eigenvalue weighted by molar-refractivity contribution is -0.119. The van der Waals surface area contributed by atoms with Crippen molar-refractivity contribution in [1.29, 1.82) is 0 Å². The Bertz CT molecular complexity index is 320. The van der Waals surface area contributed by atoms with Gasteiger partial charge in [-0.25, -0.2) is 4.79 Å². The smallest absolute Gasteiger partial charge is 0.407 e. The van der Waals surface area contributed by atoms with Crippen LogP contribution in [0.3, 0.4) is 0 Å². The van der Waals surface area contributed by atoms with Gasteiger partial charge in [0.15, 0.2) is 0 Å². The van der Waals surface area contributed by atoms with Crippen molar-refractivity contribution in [2.75, 3.05) is 26.2 Å². The number of rotatable bonds is 5. The first-order valence-electron chi connectivity index (χ1n) is 6.86. The third-order valence-corrected chi connectivity index (χ3v) is 3.48. The third kappa shape index (κ3) is 5.46. The number of alkyl carbamates (subject to hydrolysis) is 1. The molecule has 2 amide bonds. The Kier molecular flexibility index (Phi) is 6.08. The molecule has 1 rings (SSSR count). The van der Waals surface area contributed by atoms with Crippen molar-refractivity contribution < 1.29 is 14.3 Å². The molecule has 1 saturated heterocycles. The van der Waals surface area contributed by atoms with Crippen LogP contribution in [0, 0.1) is 11.8 Å². The van der Waals surface area contributed by atoms with E-state index in [-0.39, 0.29) is 18.5 Å². The zero-order chi connectivity index (χ0) is 14.4. The fourth-order valence-electron chi connectivity index (χ4n) is 2.51. The van der Waals surface area contributed by atoms with Gasteiger partial charge in [0.1, 0.15) is 0 Å². The van der Waals surface area contributed by atoms with Crippen LogP contribution in [0.2, 0.25) is 0 Å². The maximum absolute atomic E-state index is 11.5. The minimum atomic E-state index is -0.393. The molecule has 0 aromatic rings. The minimum Gasteiger partial charge on any atom is -0.450 e. The number of nitrogens with zero attached hydrogens (tertiary/aromatic N) is 1. The van der Waals surface area contributed by atoms with E-state index in [2.05, 4.69) is 19.2 Å². The summed E-state index contributed by atoms with van der Waals surface area (Å²) >= 11 is 0. The number of ether oxygens (including phenoxy) is 1. The summed E-state index contributed by atoms with van der Waals surface area (Å²) in [5.74, 6) is 0.612. The second-order valence-electron chi connectivity index (χ2n) is 5.46. The van der Waals surface area contributed by atoms with E-state index < -0.39 is 6.09 Å². The molecule has 6 heteroatoms. The predicted molar refractivity (Wildman–Crippen MR) is 72.5 cm³/mol. The molecule has 1 heterocycles. The largest absolute Gasteiger partial charge is 0.450 e. The number of likely N-dealkylation sites (tertiary alicyclic amines) is 1. The standard InChI is InChI=1S/C13H25N3O3/c1-4-19-13(18)15-11-5-10(9(2)3)6-16(7-11)8-12(14)17/h9-11H,4-8H2,1-3H3,(H2,14,17)(H,15,18). The van der Waals surface area contributed by atoms with Gasteiger partial charge in [-0.15, -0.1) is 0 Å². The topological polar surface area (TPSA) is 84.7 Å². The van der Waals surface area contributed by atoms with Gasteiger partial charge in [-0.05, 0) is 25.2 Å². The first-order valence-corrected chi connectivity index (χ1v) is 6.86. The Balaban J connectivity index is 2.59. The first-order chi connectivity index (χ1) is 8.92. The van der Waals surface area contributed by atoms with Gasteiger partial charge in [-0.3, -0.25) is 9.69 Å². The summed E-state index contributed by atoms with van der Waals surface area (Å²) in [6.45, 7) is 8.17. The number of nitrogens with one attached hydrogen (secondary N) is 1. The van der Waals surface area contributed by atoms with Crippen molar-refractivity contribution in [1.82, 2.24) is 10.2 Å². The fraction of sp³-hybridized carbons (Fsp3) is 0.846. The molecule has 0 aromatic carbocycles. The Morgan fingerprint density at radius 3 is 2.63 bits per heavy atom. The molecule has 0 aromatic heterocycles. The highest BCUT2D eigenvalue weighted by Gasteiger charge is 2.30. The van der Waals surface area contributed by atoms with Crippen LogP contribution >= 0.6 is 0 Å². The van der Waals surface area contributed by atoms with Gasteiger partial charge < -0.3 is 15.8 Å². The van der Waals surface area contributed by atoms with Crippen LogP contribution in [0.5, 0.6) is 0 Å². The lowest BCUT2D eigenvalue weighted by Crippen LogP contribution is -2.53. The van der Waals surface area contributed by atoms with Gasteiger partial charge >= 0.3 is 6.09 Å². The van der Waals surface area contributed by atoms with Gasteiger partial charge in [0.05, 0.1) is 13.2 Å². The van der Waals surface area contributed by atoms with Crippen LogP contribution in [0.1, 0.15) is 27.2 Å². The third-order valence-electron chi connectivity index (χ3n) is 3.48. The molecule has 6 nitrogen and oxygen atoms in total. The van der Waals surface area contributed by atoms with E-state index in [0.29, 0.717) is 25.0 Å². The van der Waals surface area contributed by atoms with Crippen LogP contribution in [0.25, 0.3) is 0 Å². The number of hydrogen-bond donors (Lipinski definition) is 2. The van der Waals surface area contributed by atoms with Gasteiger partial charge in [0.25, 0.3) is 0 Å². The number of piperidine rings is 1. The zero-order valence-corrected chi connectivity index (χ0v) is 12.0. The van der Waals surface area contributed by atoms with E-state index in [1.807, 2.05) is 4.90 Å². The van der Waals surface area contributed by atoms with Crippen molar-refractivity contribution in [3.63, 3.8) is 0 Å². The Labute approximate surface area is 114 Å². The normalized spacial score (nSPS) is 24.2. The van der Waals surface area contributed by atoms with Crippen LogP contribution in [0.4, 0.5) is 4.79 Å². The van der Waals surface area contributed by atoms with Crippen molar-refractivity contribution in [2.24, 2.45) is 17.6 Å². The number of amides is 2. The molecule has 0 aliphatic carbocycles. The zero-order valence-electron chi connectivity index (χ0n) is 12.0. The van der Waals surface area contributed by atoms with E-state index in [0.717, 1.165) is 13.0 Å². The predicted octanol–water partition coefficient (Wildman–Crippen LogP) is 0.564. The van der Waals surface area contributed by atoms with E-state index in [4.69, 9.17) is 10.5 Å². The molecule has 0 spiro atoms. The highest BCUT2D eigenvalue weighted by atomic mass is 16.5. The maximum atomic E-state index is 11.5. The van der Waals surface area contributed by atoms with E-state index in [1.165, 1.54) is 0 Å². The summed E-state index contributed by atoms with van der Waals surface area (Å²) in [7, 11) is 0. The molecule has 0 radical (unpaired) electrons. The number of nitrogens with two attached hydrogens (primary N) is 1. The van der Waals surface area contributed by atoms with Crippen LogP contribution < -0.4 is 11.1 Å². The molecule has 3 N–H and O–H groups in total. The van der Waals surface area contributed by atoms with Crippen molar-refractivity contribution in [3.8, 4) is 0 Å². The summed E-state index contributed by atoms with van der Waals surface area (Å²) in [5.41, 5.74) is 5.25. The molecular formula is C13H25N3O3. The summed E-state index contributed by atoms with van der Waals surface area (Å²) < 4.78 is 4.90. The molecule has 2 unspecified atom stereocenters. The highest BCUT2D eigenvalue weighted by molar-refractivity contribution is 5.76. The molecule has 19 heavy (non-hydrogen) atoms. The average molecular weight is 271 g/mol. The molecule has 1 aliphatic heterocycles. The minimum absolute atomic E-state index is 0.0135.